The van der Waals surface area contributed by atoms with Gasteiger partial charge in [-0.3, -0.25) is 0 Å². The van der Waals surface area contributed by atoms with Crippen molar-refractivity contribution in [3.8, 4) is 11.5 Å². The molecule has 0 amide bonds. The number of aromatic nitrogens is 1. The van der Waals surface area contributed by atoms with Gasteiger partial charge in [0, 0.05) is 6.07 Å². The number of carbonyl (C=O) groups is 1. The fourth-order valence-electron chi connectivity index (χ4n) is 1.31. The van der Waals surface area contributed by atoms with Crippen molar-refractivity contribution in [3.05, 3.63) is 17.5 Å². The summed E-state index contributed by atoms with van der Waals surface area (Å²) in [6.07, 6.45) is -2.86. The van der Waals surface area contributed by atoms with Crippen molar-refractivity contribution in [1.82, 2.24) is 4.98 Å². The lowest BCUT2D eigenvalue weighted by Crippen LogP contribution is -2.11. The van der Waals surface area contributed by atoms with E-state index in [4.69, 9.17) is 14.2 Å². The molecule has 0 aliphatic rings. The van der Waals surface area contributed by atoms with Crippen molar-refractivity contribution in [2.75, 3.05) is 20.8 Å². The summed E-state index contributed by atoms with van der Waals surface area (Å²) in [5.74, 6) is -0.941. The number of carbonyl (C=O) groups excluding carboxylic acids is 1. The molecule has 0 unspecified atom stereocenters. The number of hydrogen-bond donors (Lipinski definition) is 0. The van der Waals surface area contributed by atoms with Crippen LogP contribution < -0.4 is 9.47 Å². The average molecular weight is 261 g/mol. The number of methoxy groups -OCH3 is 2. The molecule has 0 saturated carbocycles. The molecule has 100 valence electrons. The lowest BCUT2D eigenvalue weighted by Gasteiger charge is -2.12. The van der Waals surface area contributed by atoms with Gasteiger partial charge in [0.05, 0.1) is 20.8 Å². The van der Waals surface area contributed by atoms with Crippen LogP contribution in [0, 0.1) is 0 Å². The molecule has 5 nitrogen and oxygen atoms in total. The van der Waals surface area contributed by atoms with E-state index in [1.807, 2.05) is 0 Å². The summed E-state index contributed by atoms with van der Waals surface area (Å²) in [7, 11) is 2.52. The third-order valence-corrected chi connectivity index (χ3v) is 2.10. The first-order valence-corrected chi connectivity index (χ1v) is 5.13. The second-order valence-electron chi connectivity index (χ2n) is 3.15. The van der Waals surface area contributed by atoms with Gasteiger partial charge in [-0.1, -0.05) is 0 Å². The van der Waals surface area contributed by atoms with E-state index in [-0.39, 0.29) is 23.8 Å². The lowest BCUT2D eigenvalue weighted by atomic mass is 10.2. The smallest absolute Gasteiger partial charge is 0.360 e. The van der Waals surface area contributed by atoms with Crippen molar-refractivity contribution in [2.24, 2.45) is 0 Å². The minimum Gasteiger partial charge on any atom is -0.494 e. The first-order valence-electron chi connectivity index (χ1n) is 5.13. The van der Waals surface area contributed by atoms with E-state index in [1.54, 1.807) is 6.92 Å². The van der Waals surface area contributed by atoms with Crippen LogP contribution in [-0.4, -0.2) is 31.8 Å². The van der Waals surface area contributed by atoms with Crippen LogP contribution in [0.2, 0.25) is 0 Å². The van der Waals surface area contributed by atoms with Gasteiger partial charge in [-0.15, -0.1) is 0 Å². The Balaban J connectivity index is 3.31. The summed E-state index contributed by atoms with van der Waals surface area (Å²) in [5.41, 5.74) is -0.920. The van der Waals surface area contributed by atoms with Crippen molar-refractivity contribution >= 4 is 5.97 Å². The largest absolute Gasteiger partial charge is 0.494 e. The highest BCUT2D eigenvalue weighted by atomic mass is 19.3. The molecule has 0 aromatic carbocycles. The summed E-state index contributed by atoms with van der Waals surface area (Å²) >= 11 is 0. The third kappa shape index (κ3) is 2.85. The van der Waals surface area contributed by atoms with Crippen molar-refractivity contribution < 1.29 is 27.8 Å². The quantitative estimate of drug-likeness (QED) is 0.760. The molecule has 0 aliphatic carbocycles. The van der Waals surface area contributed by atoms with E-state index in [0.717, 1.165) is 0 Å². The van der Waals surface area contributed by atoms with E-state index >= 15 is 0 Å². The maximum Gasteiger partial charge on any atom is 0.360 e. The Morgan fingerprint density at radius 3 is 2.39 bits per heavy atom. The molecule has 0 N–H and O–H groups in total. The molecule has 1 aromatic rings. The van der Waals surface area contributed by atoms with E-state index in [9.17, 15) is 13.6 Å². The fraction of sp³-hybridized carbons (Fsp3) is 0.455. The van der Waals surface area contributed by atoms with Gasteiger partial charge in [-0.2, -0.15) is 0 Å². The van der Waals surface area contributed by atoms with E-state index in [0.29, 0.717) is 0 Å². The zero-order chi connectivity index (χ0) is 13.7. The Hall–Kier alpha value is -1.92. The van der Waals surface area contributed by atoms with Crippen LogP contribution in [-0.2, 0) is 4.74 Å². The second-order valence-corrected chi connectivity index (χ2v) is 3.15. The highest BCUT2D eigenvalue weighted by molar-refractivity contribution is 5.90. The van der Waals surface area contributed by atoms with Crippen LogP contribution in [0.5, 0.6) is 11.5 Å². The lowest BCUT2D eigenvalue weighted by molar-refractivity contribution is 0.0513. The Morgan fingerprint density at radius 2 is 1.94 bits per heavy atom. The number of pyridine rings is 1. The van der Waals surface area contributed by atoms with E-state index < -0.39 is 18.1 Å². The summed E-state index contributed by atoms with van der Waals surface area (Å²) in [6, 6.07) is 1.18. The topological polar surface area (TPSA) is 57.7 Å². The zero-order valence-electron chi connectivity index (χ0n) is 10.2. The Kier molecular flexibility index (Phi) is 4.82. The Morgan fingerprint density at radius 1 is 1.33 bits per heavy atom. The zero-order valence-corrected chi connectivity index (χ0v) is 10.2. The second kappa shape index (κ2) is 6.13. The molecule has 0 radical (unpaired) electrons. The molecular formula is C11H13F2NO4. The first-order chi connectivity index (χ1) is 8.54. The SMILES string of the molecule is CCOC(=O)c1nc(C(F)F)c(OC)cc1OC. The summed E-state index contributed by atoms with van der Waals surface area (Å²) < 4.78 is 39.9. The Bertz CT molecular complexity index is 437. The van der Waals surface area contributed by atoms with Crippen LogP contribution in [0.3, 0.4) is 0 Å². The first kappa shape index (κ1) is 14.1. The van der Waals surface area contributed by atoms with E-state index in [2.05, 4.69) is 4.98 Å². The van der Waals surface area contributed by atoms with E-state index in [1.165, 1.54) is 20.3 Å². The van der Waals surface area contributed by atoms with Gasteiger partial charge in [-0.05, 0) is 6.92 Å². The molecule has 0 bridgehead atoms. The highest BCUT2D eigenvalue weighted by Gasteiger charge is 2.24. The molecule has 7 heteroatoms. The van der Waals surface area contributed by atoms with Gasteiger partial charge in [0.2, 0.25) is 0 Å². The van der Waals surface area contributed by atoms with Gasteiger partial charge >= 0.3 is 5.97 Å². The maximum absolute atomic E-state index is 12.7. The minimum absolute atomic E-state index is 0.0229. The van der Waals surface area contributed by atoms with Crippen LogP contribution in [0.4, 0.5) is 8.78 Å². The molecular weight excluding hydrogens is 248 g/mol. The number of ether oxygens (including phenoxy) is 3. The van der Waals surface area contributed by atoms with Crippen molar-refractivity contribution in [3.63, 3.8) is 0 Å². The summed E-state index contributed by atoms with van der Waals surface area (Å²) in [5, 5.41) is 0. The molecule has 0 aliphatic heterocycles. The molecule has 0 atom stereocenters. The predicted molar refractivity (Wildman–Crippen MR) is 58.3 cm³/mol. The molecule has 18 heavy (non-hydrogen) atoms. The van der Waals surface area contributed by atoms with Crippen molar-refractivity contribution in [2.45, 2.75) is 13.3 Å². The standard InChI is InChI=1S/C11H13F2NO4/c1-4-18-11(15)9-7(17-3)5-6(16-2)8(14-9)10(12)13/h5,10H,4H2,1-3H3. The Labute approximate surface area is 103 Å². The highest BCUT2D eigenvalue weighted by Crippen LogP contribution is 2.32. The molecule has 1 heterocycles. The number of hydrogen-bond acceptors (Lipinski definition) is 5. The monoisotopic (exact) mass is 261 g/mol. The van der Waals surface area contributed by atoms with Crippen LogP contribution in [0.15, 0.2) is 6.07 Å². The van der Waals surface area contributed by atoms with Gasteiger partial charge in [-0.25, -0.2) is 18.6 Å². The number of nitrogens with zero attached hydrogens (tertiary/aromatic N) is 1. The predicted octanol–water partition coefficient (Wildman–Crippen LogP) is 2.21. The number of alkyl halides is 2. The third-order valence-electron chi connectivity index (χ3n) is 2.10. The van der Waals surface area contributed by atoms with Crippen LogP contribution >= 0.6 is 0 Å². The van der Waals surface area contributed by atoms with Crippen LogP contribution in [0.25, 0.3) is 0 Å². The van der Waals surface area contributed by atoms with Crippen molar-refractivity contribution in [1.29, 1.82) is 0 Å². The van der Waals surface area contributed by atoms with Gasteiger partial charge in [0.15, 0.2) is 11.4 Å². The number of esters is 1. The summed E-state index contributed by atoms with van der Waals surface area (Å²) in [4.78, 5) is 15.1. The minimum atomic E-state index is -2.86. The maximum atomic E-state index is 12.7. The molecule has 0 fully saturated rings. The molecule has 0 spiro atoms. The normalized spacial score (nSPS) is 10.3. The van der Waals surface area contributed by atoms with Gasteiger partial charge in [0.25, 0.3) is 6.43 Å². The summed E-state index contributed by atoms with van der Waals surface area (Å²) in [6.45, 7) is 1.71. The average Bonchev–Trinajstić information content (AvgIpc) is 2.37. The fourth-order valence-corrected chi connectivity index (χ4v) is 1.31. The molecule has 1 aromatic heterocycles. The van der Waals surface area contributed by atoms with Gasteiger partial charge in [0.1, 0.15) is 11.4 Å². The van der Waals surface area contributed by atoms with Gasteiger partial charge < -0.3 is 14.2 Å². The number of halogens is 2. The molecule has 0 saturated heterocycles. The molecule has 1 rings (SSSR count). The number of rotatable bonds is 5. The van der Waals surface area contributed by atoms with Crippen LogP contribution in [0.1, 0.15) is 29.5 Å².